The molecule has 0 aliphatic rings. The van der Waals surface area contributed by atoms with E-state index in [2.05, 4.69) is 16.6 Å². The van der Waals surface area contributed by atoms with Gasteiger partial charge in [0.2, 0.25) is 0 Å². The average molecular weight is 289 g/mol. The minimum absolute atomic E-state index is 0.180. The van der Waals surface area contributed by atoms with Crippen molar-refractivity contribution < 1.29 is 22.6 Å². The number of hydrogen-bond donors (Lipinski definition) is 1. The van der Waals surface area contributed by atoms with E-state index >= 15 is 0 Å². The minimum Gasteiger partial charge on any atom is -0.405 e. The van der Waals surface area contributed by atoms with Gasteiger partial charge in [-0.2, -0.15) is 0 Å². The molecule has 112 valence electrons. The Kier molecular flexibility index (Phi) is 7.11. The summed E-state index contributed by atoms with van der Waals surface area (Å²) in [7, 11) is 0. The predicted molar refractivity (Wildman–Crippen MR) is 70.5 cm³/mol. The van der Waals surface area contributed by atoms with Gasteiger partial charge in [0.25, 0.3) is 0 Å². The number of hydrogen-bond acceptors (Lipinski definition) is 3. The van der Waals surface area contributed by atoms with Crippen LogP contribution in [0.3, 0.4) is 0 Å². The van der Waals surface area contributed by atoms with Crippen LogP contribution in [0.4, 0.5) is 13.2 Å². The maximum Gasteiger partial charge on any atom is 0.573 e. The summed E-state index contributed by atoms with van der Waals surface area (Å²) >= 11 is 0. The minimum atomic E-state index is -4.68. The maximum atomic E-state index is 12.2. The van der Waals surface area contributed by atoms with Crippen molar-refractivity contribution in [2.45, 2.75) is 19.3 Å². The van der Waals surface area contributed by atoms with E-state index in [1.165, 1.54) is 12.1 Å². The van der Waals surface area contributed by atoms with Gasteiger partial charge in [-0.05, 0) is 12.5 Å². The monoisotopic (exact) mass is 289 g/mol. The molecule has 0 spiro atoms. The molecule has 1 aromatic carbocycles. The van der Waals surface area contributed by atoms with Gasteiger partial charge in [0.15, 0.2) is 0 Å². The Morgan fingerprint density at radius 2 is 1.95 bits per heavy atom. The predicted octanol–water partition coefficient (Wildman–Crippen LogP) is 3.27. The van der Waals surface area contributed by atoms with Crippen LogP contribution in [0.2, 0.25) is 0 Å². The first-order chi connectivity index (χ1) is 9.53. The summed E-state index contributed by atoms with van der Waals surface area (Å²) in [6, 6.07) is 6.06. The molecule has 0 aromatic heterocycles. The molecule has 0 aliphatic heterocycles. The summed E-state index contributed by atoms with van der Waals surface area (Å²) in [6.07, 6.45) is -2.13. The third-order valence-electron chi connectivity index (χ3n) is 2.40. The van der Waals surface area contributed by atoms with E-state index < -0.39 is 6.36 Å². The molecule has 20 heavy (non-hydrogen) atoms. The molecule has 0 heterocycles. The third-order valence-corrected chi connectivity index (χ3v) is 2.40. The lowest BCUT2D eigenvalue weighted by atomic mass is 10.2. The zero-order valence-corrected chi connectivity index (χ0v) is 11.1. The summed E-state index contributed by atoms with van der Waals surface area (Å²) in [5.41, 5.74) is 0.455. The molecule has 0 aliphatic carbocycles. The van der Waals surface area contributed by atoms with Crippen LogP contribution in [0.15, 0.2) is 36.9 Å². The molecule has 0 unspecified atom stereocenters. The molecule has 0 radical (unpaired) electrons. The van der Waals surface area contributed by atoms with Gasteiger partial charge in [-0.1, -0.05) is 24.3 Å². The zero-order chi connectivity index (χ0) is 14.8. The lowest BCUT2D eigenvalue weighted by Crippen LogP contribution is -2.22. The number of nitrogens with one attached hydrogen (secondary N) is 1. The van der Waals surface area contributed by atoms with Gasteiger partial charge in [0.1, 0.15) is 5.75 Å². The van der Waals surface area contributed by atoms with Crippen molar-refractivity contribution in [3.8, 4) is 5.75 Å². The Morgan fingerprint density at radius 1 is 1.20 bits per heavy atom. The summed E-state index contributed by atoms with van der Waals surface area (Å²) < 4.78 is 45.9. The molecular weight excluding hydrogens is 271 g/mol. The number of ether oxygens (including phenoxy) is 2. The van der Waals surface area contributed by atoms with E-state index in [0.29, 0.717) is 25.3 Å². The summed E-state index contributed by atoms with van der Waals surface area (Å²) in [5.74, 6) is -0.180. The summed E-state index contributed by atoms with van der Waals surface area (Å²) in [5, 5.41) is 3.01. The lowest BCUT2D eigenvalue weighted by molar-refractivity contribution is -0.274. The summed E-state index contributed by atoms with van der Waals surface area (Å²) in [4.78, 5) is 0. The maximum absolute atomic E-state index is 12.2. The first-order valence-corrected chi connectivity index (χ1v) is 6.26. The highest BCUT2D eigenvalue weighted by molar-refractivity contribution is 5.33. The largest absolute Gasteiger partial charge is 0.573 e. The highest BCUT2D eigenvalue weighted by Gasteiger charge is 2.31. The molecule has 0 amide bonds. The van der Waals surface area contributed by atoms with Crippen molar-refractivity contribution in [1.82, 2.24) is 5.32 Å². The quantitative estimate of drug-likeness (QED) is 0.559. The van der Waals surface area contributed by atoms with Gasteiger partial charge >= 0.3 is 6.36 Å². The molecule has 6 heteroatoms. The number of para-hydroxylation sites is 1. The van der Waals surface area contributed by atoms with E-state index in [4.69, 9.17) is 4.74 Å². The highest BCUT2D eigenvalue weighted by Crippen LogP contribution is 2.25. The third kappa shape index (κ3) is 7.16. The van der Waals surface area contributed by atoms with E-state index in [1.807, 2.05) is 0 Å². The molecule has 0 bridgehead atoms. The Balaban J connectivity index is 2.34. The number of halogens is 3. The Labute approximate surface area is 116 Å². The van der Waals surface area contributed by atoms with Crippen LogP contribution in [0.25, 0.3) is 0 Å². The molecule has 1 rings (SSSR count). The van der Waals surface area contributed by atoms with Crippen molar-refractivity contribution in [2.24, 2.45) is 0 Å². The molecule has 0 atom stereocenters. The lowest BCUT2D eigenvalue weighted by Gasteiger charge is -2.13. The SMILES string of the molecule is C=CCCOCCNCc1ccccc1OC(F)(F)F. The van der Waals surface area contributed by atoms with Crippen LogP contribution >= 0.6 is 0 Å². The fourth-order valence-electron chi connectivity index (χ4n) is 1.51. The molecule has 3 nitrogen and oxygen atoms in total. The van der Waals surface area contributed by atoms with E-state index in [1.54, 1.807) is 18.2 Å². The van der Waals surface area contributed by atoms with Crippen LogP contribution in [-0.2, 0) is 11.3 Å². The van der Waals surface area contributed by atoms with Crippen molar-refractivity contribution in [1.29, 1.82) is 0 Å². The fraction of sp³-hybridized carbons (Fsp3) is 0.429. The van der Waals surface area contributed by atoms with Crippen molar-refractivity contribution in [3.05, 3.63) is 42.5 Å². The molecule has 0 fully saturated rings. The van der Waals surface area contributed by atoms with E-state index in [0.717, 1.165) is 6.42 Å². The van der Waals surface area contributed by atoms with Crippen LogP contribution in [0, 0.1) is 0 Å². The van der Waals surface area contributed by atoms with Gasteiger partial charge in [0.05, 0.1) is 13.2 Å². The van der Waals surface area contributed by atoms with Gasteiger partial charge < -0.3 is 14.8 Å². The van der Waals surface area contributed by atoms with Gasteiger partial charge in [0, 0.05) is 18.7 Å². The Morgan fingerprint density at radius 3 is 2.65 bits per heavy atom. The number of benzene rings is 1. The van der Waals surface area contributed by atoms with Crippen LogP contribution in [0.1, 0.15) is 12.0 Å². The van der Waals surface area contributed by atoms with Crippen LogP contribution < -0.4 is 10.1 Å². The first kappa shape index (κ1) is 16.5. The smallest absolute Gasteiger partial charge is 0.405 e. The van der Waals surface area contributed by atoms with Gasteiger partial charge in [-0.15, -0.1) is 19.8 Å². The Bertz CT molecular complexity index is 408. The molecule has 0 saturated carbocycles. The molecule has 1 aromatic rings. The molecule has 1 N–H and O–H groups in total. The Hall–Kier alpha value is -1.53. The standard InChI is InChI=1S/C14H18F3NO2/c1-2-3-9-19-10-8-18-11-12-6-4-5-7-13(12)20-14(15,16)17/h2,4-7,18H,1,3,8-11H2. The van der Waals surface area contributed by atoms with Gasteiger partial charge in [-0.3, -0.25) is 0 Å². The van der Waals surface area contributed by atoms with Crippen molar-refractivity contribution in [2.75, 3.05) is 19.8 Å². The van der Waals surface area contributed by atoms with Crippen LogP contribution in [-0.4, -0.2) is 26.1 Å². The van der Waals surface area contributed by atoms with Crippen molar-refractivity contribution in [3.63, 3.8) is 0 Å². The molecule has 0 saturated heterocycles. The van der Waals surface area contributed by atoms with Crippen molar-refractivity contribution >= 4 is 0 Å². The summed E-state index contributed by atoms with van der Waals surface area (Å²) in [6.45, 7) is 5.51. The fourth-order valence-corrected chi connectivity index (χ4v) is 1.51. The average Bonchev–Trinajstić information content (AvgIpc) is 2.38. The van der Waals surface area contributed by atoms with Gasteiger partial charge in [-0.25, -0.2) is 0 Å². The first-order valence-electron chi connectivity index (χ1n) is 6.26. The number of alkyl halides is 3. The second-order valence-corrected chi connectivity index (χ2v) is 4.02. The number of rotatable bonds is 9. The van der Waals surface area contributed by atoms with Crippen LogP contribution in [0.5, 0.6) is 5.75 Å². The van der Waals surface area contributed by atoms with E-state index in [-0.39, 0.29) is 12.3 Å². The second-order valence-electron chi connectivity index (χ2n) is 4.02. The van der Waals surface area contributed by atoms with E-state index in [9.17, 15) is 13.2 Å². The second kappa shape index (κ2) is 8.60. The normalized spacial score (nSPS) is 11.3. The molecular formula is C14H18F3NO2. The zero-order valence-electron chi connectivity index (χ0n) is 11.1. The highest BCUT2D eigenvalue weighted by atomic mass is 19.4. The topological polar surface area (TPSA) is 30.5 Å².